The quantitative estimate of drug-likeness (QED) is 0.797. The van der Waals surface area contributed by atoms with Crippen LogP contribution in [0, 0.1) is 5.41 Å². The smallest absolute Gasteiger partial charge is 0.0645 e. The topological polar surface area (TPSA) is 47.7 Å². The Morgan fingerprint density at radius 1 is 1.12 bits per heavy atom. The first-order valence-electron chi connectivity index (χ1n) is 6.69. The van der Waals surface area contributed by atoms with Crippen LogP contribution in [0.1, 0.15) is 26.7 Å². The van der Waals surface area contributed by atoms with E-state index >= 15 is 0 Å². The van der Waals surface area contributed by atoms with Gasteiger partial charge in [-0.05, 0) is 38.6 Å². The average molecular weight is 242 g/mol. The maximum atomic E-state index is 6.03. The molecule has 0 radical (unpaired) electrons. The second kappa shape index (κ2) is 5.22. The van der Waals surface area contributed by atoms with E-state index in [2.05, 4.69) is 18.7 Å². The summed E-state index contributed by atoms with van der Waals surface area (Å²) in [6.45, 7) is 10.8. The lowest BCUT2D eigenvalue weighted by molar-refractivity contribution is -0.0831. The van der Waals surface area contributed by atoms with Crippen molar-refractivity contribution in [1.82, 2.24) is 4.90 Å². The Kier molecular flexibility index (Phi) is 4.08. The molecule has 17 heavy (non-hydrogen) atoms. The van der Waals surface area contributed by atoms with Crippen molar-refractivity contribution in [1.29, 1.82) is 0 Å². The number of nitrogens with two attached hydrogens (primary N) is 1. The fourth-order valence-electron chi connectivity index (χ4n) is 2.82. The van der Waals surface area contributed by atoms with Crippen LogP contribution in [0.2, 0.25) is 0 Å². The Hall–Kier alpha value is -0.160. The van der Waals surface area contributed by atoms with Crippen LogP contribution in [0.5, 0.6) is 0 Å². The summed E-state index contributed by atoms with van der Waals surface area (Å²) in [4.78, 5) is 2.55. The van der Waals surface area contributed by atoms with Crippen molar-refractivity contribution in [3.8, 4) is 0 Å². The van der Waals surface area contributed by atoms with Gasteiger partial charge in [0.05, 0.1) is 13.2 Å². The number of morpholine rings is 1. The molecule has 100 valence electrons. The van der Waals surface area contributed by atoms with Gasteiger partial charge in [0.2, 0.25) is 0 Å². The molecule has 2 N–H and O–H groups in total. The lowest BCUT2D eigenvalue weighted by atomic mass is 9.78. The highest BCUT2D eigenvalue weighted by molar-refractivity contribution is 4.92. The van der Waals surface area contributed by atoms with E-state index in [0.29, 0.717) is 0 Å². The molecule has 0 atom stereocenters. The molecule has 0 unspecified atom stereocenters. The number of rotatable bonds is 3. The van der Waals surface area contributed by atoms with Gasteiger partial charge in [0.1, 0.15) is 0 Å². The van der Waals surface area contributed by atoms with E-state index in [0.717, 1.165) is 58.9 Å². The SMILES string of the molecule is CC1(C)COCCN1CC1(CN)CCOCC1. The zero-order valence-corrected chi connectivity index (χ0v) is 11.2. The second-order valence-corrected chi connectivity index (χ2v) is 6.10. The first kappa shape index (κ1) is 13.3. The van der Waals surface area contributed by atoms with Crippen molar-refractivity contribution in [3.63, 3.8) is 0 Å². The number of ether oxygens (including phenoxy) is 2. The Morgan fingerprint density at radius 2 is 1.82 bits per heavy atom. The molecule has 0 spiro atoms. The predicted octanol–water partition coefficient (Wildman–Crippen LogP) is 0.853. The van der Waals surface area contributed by atoms with Crippen LogP contribution in [0.15, 0.2) is 0 Å². The zero-order chi connectivity index (χ0) is 12.4. The molecular formula is C13H26N2O2. The van der Waals surface area contributed by atoms with Gasteiger partial charge in [0.15, 0.2) is 0 Å². The van der Waals surface area contributed by atoms with Gasteiger partial charge in [-0.2, -0.15) is 0 Å². The fraction of sp³-hybridized carbons (Fsp3) is 1.00. The molecule has 2 aliphatic rings. The molecule has 0 aromatic heterocycles. The predicted molar refractivity (Wildman–Crippen MR) is 68.0 cm³/mol. The summed E-state index contributed by atoms with van der Waals surface area (Å²) in [6, 6.07) is 0. The van der Waals surface area contributed by atoms with Gasteiger partial charge < -0.3 is 15.2 Å². The molecule has 0 saturated carbocycles. The molecule has 0 aliphatic carbocycles. The van der Waals surface area contributed by atoms with E-state index in [1.165, 1.54) is 0 Å². The summed E-state index contributed by atoms with van der Waals surface area (Å²) in [5, 5.41) is 0. The Bertz CT molecular complexity index is 250. The molecule has 4 nitrogen and oxygen atoms in total. The summed E-state index contributed by atoms with van der Waals surface area (Å²) < 4.78 is 11.0. The second-order valence-electron chi connectivity index (χ2n) is 6.10. The van der Waals surface area contributed by atoms with Crippen molar-refractivity contribution < 1.29 is 9.47 Å². The molecule has 2 fully saturated rings. The lowest BCUT2D eigenvalue weighted by Crippen LogP contribution is -2.58. The van der Waals surface area contributed by atoms with E-state index in [1.54, 1.807) is 0 Å². The van der Waals surface area contributed by atoms with Crippen LogP contribution in [0.4, 0.5) is 0 Å². The van der Waals surface area contributed by atoms with Crippen molar-refractivity contribution in [2.45, 2.75) is 32.2 Å². The number of hydrogen-bond acceptors (Lipinski definition) is 4. The normalized spacial score (nSPS) is 29.1. The third kappa shape index (κ3) is 2.99. The van der Waals surface area contributed by atoms with Crippen LogP contribution in [-0.2, 0) is 9.47 Å². The summed E-state index contributed by atoms with van der Waals surface area (Å²) >= 11 is 0. The standard InChI is InChI=1S/C13H26N2O2/c1-12(2)11-17-8-5-15(12)10-13(9-14)3-6-16-7-4-13/h3-11,14H2,1-2H3. The number of nitrogens with zero attached hydrogens (tertiary/aromatic N) is 1. The molecule has 0 amide bonds. The van der Waals surface area contributed by atoms with Crippen LogP contribution < -0.4 is 5.73 Å². The summed E-state index contributed by atoms with van der Waals surface area (Å²) in [7, 11) is 0. The van der Waals surface area contributed by atoms with Crippen LogP contribution in [0.3, 0.4) is 0 Å². The molecule has 0 aromatic carbocycles. The molecule has 2 rings (SSSR count). The van der Waals surface area contributed by atoms with Crippen LogP contribution in [-0.4, -0.2) is 56.5 Å². The highest BCUT2D eigenvalue weighted by Gasteiger charge is 2.38. The molecular weight excluding hydrogens is 216 g/mol. The van der Waals surface area contributed by atoms with Crippen molar-refractivity contribution >= 4 is 0 Å². The van der Waals surface area contributed by atoms with E-state index in [4.69, 9.17) is 15.2 Å². The first-order valence-corrected chi connectivity index (χ1v) is 6.69. The minimum atomic E-state index is 0.138. The van der Waals surface area contributed by atoms with E-state index in [1.807, 2.05) is 0 Å². The molecule has 4 heteroatoms. The van der Waals surface area contributed by atoms with Gasteiger partial charge in [0, 0.05) is 31.8 Å². The van der Waals surface area contributed by atoms with E-state index in [-0.39, 0.29) is 11.0 Å². The Labute approximate surface area is 104 Å². The van der Waals surface area contributed by atoms with E-state index in [9.17, 15) is 0 Å². The molecule has 0 aromatic rings. The monoisotopic (exact) mass is 242 g/mol. The summed E-state index contributed by atoms with van der Waals surface area (Å²) in [5.41, 5.74) is 6.42. The zero-order valence-electron chi connectivity index (χ0n) is 11.2. The van der Waals surface area contributed by atoms with Gasteiger partial charge in [-0.25, -0.2) is 0 Å². The van der Waals surface area contributed by atoms with Gasteiger partial charge in [-0.15, -0.1) is 0 Å². The minimum absolute atomic E-state index is 0.138. The third-order valence-corrected chi connectivity index (χ3v) is 4.33. The summed E-state index contributed by atoms with van der Waals surface area (Å²) in [6.07, 6.45) is 2.19. The maximum absolute atomic E-state index is 6.03. The minimum Gasteiger partial charge on any atom is -0.381 e. The van der Waals surface area contributed by atoms with Crippen molar-refractivity contribution in [2.75, 3.05) is 46.1 Å². The average Bonchev–Trinajstić information content (AvgIpc) is 2.33. The fourth-order valence-corrected chi connectivity index (χ4v) is 2.82. The highest BCUT2D eigenvalue weighted by atomic mass is 16.5. The van der Waals surface area contributed by atoms with Crippen molar-refractivity contribution in [2.24, 2.45) is 11.1 Å². The molecule has 2 saturated heterocycles. The lowest BCUT2D eigenvalue weighted by Gasteiger charge is -2.48. The maximum Gasteiger partial charge on any atom is 0.0645 e. The molecule has 2 aliphatic heterocycles. The molecule has 2 heterocycles. The van der Waals surface area contributed by atoms with E-state index < -0.39 is 0 Å². The largest absolute Gasteiger partial charge is 0.381 e. The third-order valence-electron chi connectivity index (χ3n) is 4.33. The van der Waals surface area contributed by atoms with Gasteiger partial charge in [0.25, 0.3) is 0 Å². The Morgan fingerprint density at radius 3 is 2.41 bits per heavy atom. The summed E-state index contributed by atoms with van der Waals surface area (Å²) in [5.74, 6) is 0. The van der Waals surface area contributed by atoms with Gasteiger partial charge in [-0.3, -0.25) is 4.90 Å². The molecule has 0 bridgehead atoms. The van der Waals surface area contributed by atoms with Crippen LogP contribution in [0.25, 0.3) is 0 Å². The van der Waals surface area contributed by atoms with Crippen LogP contribution >= 0.6 is 0 Å². The first-order chi connectivity index (χ1) is 8.08. The Balaban J connectivity index is 2.01. The van der Waals surface area contributed by atoms with Gasteiger partial charge in [-0.1, -0.05) is 0 Å². The highest BCUT2D eigenvalue weighted by Crippen LogP contribution is 2.33. The van der Waals surface area contributed by atoms with Gasteiger partial charge >= 0.3 is 0 Å². The van der Waals surface area contributed by atoms with Crippen molar-refractivity contribution in [3.05, 3.63) is 0 Å². The number of hydrogen-bond donors (Lipinski definition) is 1.